The number of nitrogens with zero attached hydrogens (tertiary/aromatic N) is 2. The second kappa shape index (κ2) is 10.1. The van der Waals surface area contributed by atoms with Crippen molar-refractivity contribution in [1.82, 2.24) is 5.32 Å². The first-order valence-corrected chi connectivity index (χ1v) is 9.11. The molecule has 3 N–H and O–H groups in total. The molecule has 0 radical (unpaired) electrons. The van der Waals surface area contributed by atoms with Crippen LogP contribution in [0.15, 0.2) is 42.5 Å². The number of nitro groups is 1. The largest absolute Gasteiger partial charge is 0.452 e. The number of non-ortho nitro benzene ring substituents is 1. The molecule has 154 valence electrons. The molecule has 0 unspecified atom stereocenters. The number of hydrogen-bond donors (Lipinski definition) is 2. The van der Waals surface area contributed by atoms with Gasteiger partial charge in [-0.2, -0.15) is 0 Å². The molecule has 0 saturated carbocycles. The number of carbonyl (C=O) groups excluding carboxylic acids is 2. The summed E-state index contributed by atoms with van der Waals surface area (Å²) in [6.07, 6.45) is 0. The Morgan fingerprint density at radius 3 is 2.66 bits per heavy atom. The number of esters is 1. The van der Waals surface area contributed by atoms with Crippen LogP contribution in [0, 0.1) is 17.0 Å². The van der Waals surface area contributed by atoms with Crippen molar-refractivity contribution >= 4 is 28.9 Å². The molecule has 0 saturated heterocycles. The van der Waals surface area contributed by atoms with Gasteiger partial charge in [-0.25, -0.2) is 4.79 Å². The number of carbonyl (C=O) groups is 2. The highest BCUT2D eigenvalue weighted by atomic mass is 16.6. The van der Waals surface area contributed by atoms with Crippen LogP contribution >= 0.6 is 0 Å². The van der Waals surface area contributed by atoms with Gasteiger partial charge in [0.2, 0.25) is 0 Å². The van der Waals surface area contributed by atoms with Crippen LogP contribution in [0.5, 0.6) is 0 Å². The number of ether oxygens (including phenoxy) is 1. The molecular formula is C20H24N4O5. The highest BCUT2D eigenvalue weighted by Crippen LogP contribution is 2.20. The highest BCUT2D eigenvalue weighted by molar-refractivity contribution is 5.97. The summed E-state index contributed by atoms with van der Waals surface area (Å²) in [6.45, 7) is 5.28. The van der Waals surface area contributed by atoms with Crippen molar-refractivity contribution in [3.05, 3.63) is 63.7 Å². The zero-order valence-corrected chi connectivity index (χ0v) is 16.4. The first kappa shape index (κ1) is 21.7. The van der Waals surface area contributed by atoms with Crippen molar-refractivity contribution in [3.63, 3.8) is 0 Å². The second-order valence-electron chi connectivity index (χ2n) is 6.37. The van der Waals surface area contributed by atoms with Crippen LogP contribution in [-0.2, 0) is 9.53 Å². The predicted octanol–water partition coefficient (Wildman–Crippen LogP) is 2.28. The standard InChI is InChI=1S/C20H24N4O5/c1-3-23(15-6-4-5-14(2)11-15)10-9-22-19(25)13-29-20(26)17-12-16(24(27)28)7-8-18(17)21/h4-8,11-12H,3,9-10,13,21H2,1-2H3,(H,22,25). The van der Waals surface area contributed by atoms with E-state index in [2.05, 4.69) is 16.3 Å². The van der Waals surface area contributed by atoms with Crippen molar-refractivity contribution in [2.75, 3.05) is 36.9 Å². The third-order valence-corrected chi connectivity index (χ3v) is 4.25. The molecule has 0 fully saturated rings. The Bertz CT molecular complexity index is 900. The highest BCUT2D eigenvalue weighted by Gasteiger charge is 2.17. The minimum absolute atomic E-state index is 0.0396. The maximum Gasteiger partial charge on any atom is 0.341 e. The fourth-order valence-corrected chi connectivity index (χ4v) is 2.72. The summed E-state index contributed by atoms with van der Waals surface area (Å²) in [4.78, 5) is 36.3. The van der Waals surface area contributed by atoms with E-state index in [1.807, 2.05) is 32.0 Å². The van der Waals surface area contributed by atoms with E-state index in [0.29, 0.717) is 13.1 Å². The summed E-state index contributed by atoms with van der Waals surface area (Å²) in [5.41, 5.74) is 7.48. The third kappa shape index (κ3) is 6.20. The number of likely N-dealkylation sites (N-methyl/N-ethyl adjacent to an activating group) is 1. The summed E-state index contributed by atoms with van der Waals surface area (Å²) in [6, 6.07) is 11.5. The number of anilines is 2. The molecule has 0 aliphatic heterocycles. The van der Waals surface area contributed by atoms with Gasteiger partial charge < -0.3 is 20.7 Å². The fourth-order valence-electron chi connectivity index (χ4n) is 2.72. The Morgan fingerprint density at radius 2 is 2.00 bits per heavy atom. The average Bonchev–Trinajstić information content (AvgIpc) is 2.69. The molecule has 29 heavy (non-hydrogen) atoms. The van der Waals surface area contributed by atoms with Crippen LogP contribution in [0.4, 0.5) is 17.1 Å². The first-order chi connectivity index (χ1) is 13.8. The Labute approximate surface area is 168 Å². The van der Waals surface area contributed by atoms with Crippen LogP contribution < -0.4 is 16.0 Å². The first-order valence-electron chi connectivity index (χ1n) is 9.11. The van der Waals surface area contributed by atoms with Crippen molar-refractivity contribution in [3.8, 4) is 0 Å². The zero-order chi connectivity index (χ0) is 21.4. The van der Waals surface area contributed by atoms with Gasteiger partial charge in [0.25, 0.3) is 11.6 Å². The van der Waals surface area contributed by atoms with E-state index in [1.165, 1.54) is 12.1 Å². The molecule has 0 atom stereocenters. The van der Waals surface area contributed by atoms with Crippen LogP contribution in [0.3, 0.4) is 0 Å². The van der Waals surface area contributed by atoms with Gasteiger partial charge in [-0.3, -0.25) is 14.9 Å². The Balaban J connectivity index is 1.83. The van der Waals surface area contributed by atoms with Crippen LogP contribution in [0.2, 0.25) is 0 Å². The molecular weight excluding hydrogens is 376 g/mol. The maximum atomic E-state index is 12.1. The van der Waals surface area contributed by atoms with Gasteiger partial charge in [0.1, 0.15) is 0 Å². The molecule has 9 heteroatoms. The van der Waals surface area contributed by atoms with Crippen LogP contribution in [0.1, 0.15) is 22.8 Å². The van der Waals surface area contributed by atoms with Gasteiger partial charge in [-0.1, -0.05) is 12.1 Å². The number of hydrogen-bond acceptors (Lipinski definition) is 7. The van der Waals surface area contributed by atoms with E-state index in [0.717, 1.165) is 23.9 Å². The molecule has 1 amide bonds. The van der Waals surface area contributed by atoms with Gasteiger partial charge in [0.15, 0.2) is 6.61 Å². The number of aryl methyl sites for hydroxylation is 1. The summed E-state index contributed by atoms with van der Waals surface area (Å²) >= 11 is 0. The summed E-state index contributed by atoms with van der Waals surface area (Å²) in [5.74, 6) is -1.36. The van der Waals surface area contributed by atoms with Gasteiger partial charge in [0.05, 0.1) is 10.5 Å². The normalized spacial score (nSPS) is 10.3. The number of nitro benzene ring substituents is 1. The number of benzene rings is 2. The Hall–Kier alpha value is -3.62. The molecule has 0 bridgehead atoms. The lowest BCUT2D eigenvalue weighted by Gasteiger charge is -2.23. The minimum atomic E-state index is -0.892. The lowest BCUT2D eigenvalue weighted by atomic mass is 10.1. The smallest absolute Gasteiger partial charge is 0.341 e. The van der Waals surface area contributed by atoms with Crippen molar-refractivity contribution < 1.29 is 19.2 Å². The zero-order valence-electron chi connectivity index (χ0n) is 16.4. The van der Waals surface area contributed by atoms with E-state index in [1.54, 1.807) is 0 Å². The van der Waals surface area contributed by atoms with Gasteiger partial charge in [0, 0.05) is 43.1 Å². The SMILES string of the molecule is CCN(CCNC(=O)COC(=O)c1cc([N+](=O)[O-])ccc1N)c1cccc(C)c1. The van der Waals surface area contributed by atoms with Crippen molar-refractivity contribution in [1.29, 1.82) is 0 Å². The monoisotopic (exact) mass is 400 g/mol. The van der Waals surface area contributed by atoms with E-state index >= 15 is 0 Å². The lowest BCUT2D eigenvalue weighted by Crippen LogP contribution is -2.37. The number of nitrogens with one attached hydrogen (secondary N) is 1. The molecule has 2 rings (SSSR count). The molecule has 0 heterocycles. The summed E-state index contributed by atoms with van der Waals surface area (Å²) in [7, 11) is 0. The van der Waals surface area contributed by atoms with Crippen molar-refractivity contribution in [2.24, 2.45) is 0 Å². The molecule has 9 nitrogen and oxygen atoms in total. The third-order valence-electron chi connectivity index (χ3n) is 4.25. The topological polar surface area (TPSA) is 128 Å². The molecule has 0 spiro atoms. The van der Waals surface area contributed by atoms with Crippen molar-refractivity contribution in [2.45, 2.75) is 13.8 Å². The Kier molecular flexibility index (Phi) is 7.53. The van der Waals surface area contributed by atoms with Crippen LogP contribution in [-0.4, -0.2) is 43.0 Å². The number of rotatable bonds is 9. The number of nitrogen functional groups attached to an aromatic ring is 1. The molecule has 0 aliphatic carbocycles. The average molecular weight is 400 g/mol. The number of nitrogens with two attached hydrogens (primary N) is 1. The Morgan fingerprint density at radius 1 is 1.24 bits per heavy atom. The maximum absolute atomic E-state index is 12.1. The van der Waals surface area contributed by atoms with Gasteiger partial charge in [-0.05, 0) is 37.6 Å². The molecule has 2 aromatic rings. The quantitative estimate of drug-likeness (QED) is 0.286. The van der Waals surface area contributed by atoms with E-state index in [4.69, 9.17) is 10.5 Å². The minimum Gasteiger partial charge on any atom is -0.452 e. The predicted molar refractivity (Wildman–Crippen MR) is 110 cm³/mol. The summed E-state index contributed by atoms with van der Waals surface area (Å²) in [5, 5.41) is 13.5. The second-order valence-corrected chi connectivity index (χ2v) is 6.37. The van der Waals surface area contributed by atoms with E-state index in [9.17, 15) is 19.7 Å². The molecule has 2 aromatic carbocycles. The van der Waals surface area contributed by atoms with E-state index in [-0.39, 0.29) is 16.9 Å². The van der Waals surface area contributed by atoms with E-state index < -0.39 is 23.4 Å². The van der Waals surface area contributed by atoms with Gasteiger partial charge >= 0.3 is 5.97 Å². The lowest BCUT2D eigenvalue weighted by molar-refractivity contribution is -0.384. The molecule has 0 aromatic heterocycles. The summed E-state index contributed by atoms with van der Waals surface area (Å²) < 4.78 is 4.92. The van der Waals surface area contributed by atoms with Crippen LogP contribution in [0.25, 0.3) is 0 Å². The fraction of sp³-hybridized carbons (Fsp3) is 0.300. The molecule has 0 aliphatic rings. The van der Waals surface area contributed by atoms with Gasteiger partial charge in [-0.15, -0.1) is 0 Å². The number of amides is 1.